The molecule has 2 saturated heterocycles. The summed E-state index contributed by atoms with van der Waals surface area (Å²) in [6.45, 7) is 2.82. The molecule has 2 aliphatic heterocycles. The molecule has 2 fully saturated rings. The molecule has 2 aliphatic rings. The minimum Gasteiger partial charge on any atom is -0.505 e. The zero-order valence-electron chi connectivity index (χ0n) is 23.7. The fourth-order valence-electron chi connectivity index (χ4n) is 4.89. The van der Waals surface area contributed by atoms with Crippen molar-refractivity contribution < 1.29 is 51.7 Å². The van der Waals surface area contributed by atoms with Gasteiger partial charge in [0.15, 0.2) is 11.5 Å². The summed E-state index contributed by atoms with van der Waals surface area (Å²) in [6.07, 6.45) is -1.71. The largest absolute Gasteiger partial charge is 0.505 e. The number of pyridine rings is 2. The molecule has 0 spiro atoms. The predicted octanol–water partition coefficient (Wildman–Crippen LogP) is -0.447. The summed E-state index contributed by atoms with van der Waals surface area (Å²) in [4.78, 5) is 61.2. The van der Waals surface area contributed by atoms with Gasteiger partial charge in [-0.3, -0.25) is 19.2 Å². The number of rotatable bonds is 5. The van der Waals surface area contributed by atoms with Gasteiger partial charge in [0.05, 0.1) is 37.3 Å². The minimum absolute atomic E-state index is 0.111. The summed E-state index contributed by atoms with van der Waals surface area (Å²) in [5, 5.41) is 28.5. The molecule has 4 amide bonds. The van der Waals surface area contributed by atoms with E-state index in [0.29, 0.717) is 0 Å². The van der Waals surface area contributed by atoms with Crippen LogP contribution in [0, 0.1) is 35.4 Å². The fourth-order valence-corrected chi connectivity index (χ4v) is 4.89. The Bertz CT molecular complexity index is 1460. The number of amides is 4. The van der Waals surface area contributed by atoms with Crippen LogP contribution in [0.3, 0.4) is 0 Å². The van der Waals surface area contributed by atoms with Gasteiger partial charge >= 0.3 is 0 Å². The second kappa shape index (κ2) is 13.1. The molecule has 0 aliphatic carbocycles. The number of nitrogens with zero attached hydrogens (tertiary/aromatic N) is 3. The number of carbonyl (C=O) groups excluding carboxylic acids is 4. The summed E-state index contributed by atoms with van der Waals surface area (Å²) in [5.41, 5.74) is -1.59. The summed E-state index contributed by atoms with van der Waals surface area (Å²) in [5.74, 6) is -13.9. The number of aromatic hydroxyl groups is 1. The Morgan fingerprint density at radius 1 is 1.09 bits per heavy atom. The number of aromatic nitrogens is 2. The fraction of sp³-hybridized carbons (Fsp3) is 0.481. The van der Waals surface area contributed by atoms with Crippen molar-refractivity contribution in [2.75, 3.05) is 20.3 Å². The lowest BCUT2D eigenvalue weighted by Gasteiger charge is -2.40. The molecule has 13 nitrogen and oxygen atoms in total. The third-order valence-electron chi connectivity index (χ3n) is 7.88. The number of hydrogen-bond donors (Lipinski definition) is 5. The molecule has 4 heterocycles. The van der Waals surface area contributed by atoms with Crippen molar-refractivity contribution in [2.24, 2.45) is 11.8 Å². The Morgan fingerprint density at radius 3 is 2.39 bits per heavy atom. The van der Waals surface area contributed by atoms with Gasteiger partial charge in [-0.05, 0) is 19.1 Å². The molecule has 2 aromatic heterocycles. The Morgan fingerprint density at radius 2 is 1.77 bits per heavy atom. The number of carbonyl (C=O) groups is 4. The van der Waals surface area contributed by atoms with E-state index in [2.05, 4.69) is 25.9 Å². The molecule has 17 heteroatoms. The van der Waals surface area contributed by atoms with Crippen molar-refractivity contribution in [3.63, 3.8) is 0 Å². The van der Waals surface area contributed by atoms with Crippen molar-refractivity contribution in [1.29, 1.82) is 0 Å². The van der Waals surface area contributed by atoms with Crippen molar-refractivity contribution >= 4 is 23.6 Å². The maximum Gasteiger partial charge on any atom is 0.274 e. The van der Waals surface area contributed by atoms with Gasteiger partial charge in [-0.1, -0.05) is 6.92 Å². The summed E-state index contributed by atoms with van der Waals surface area (Å²) in [6, 6.07) is -3.22. The van der Waals surface area contributed by atoms with Crippen LogP contribution in [0.5, 0.6) is 5.75 Å². The summed E-state index contributed by atoms with van der Waals surface area (Å²) < 4.78 is 61.8. The van der Waals surface area contributed by atoms with E-state index in [1.807, 2.05) is 0 Å². The van der Waals surface area contributed by atoms with E-state index in [4.69, 9.17) is 4.74 Å². The van der Waals surface area contributed by atoms with Gasteiger partial charge in [0.1, 0.15) is 17.8 Å². The van der Waals surface area contributed by atoms with Crippen LogP contribution in [0.1, 0.15) is 29.9 Å². The molecule has 0 aromatic carbocycles. The normalized spacial score (nSPS) is 27.0. The highest BCUT2D eigenvalue weighted by Crippen LogP contribution is 2.24. The highest BCUT2D eigenvalue weighted by molar-refractivity contribution is 5.98. The third kappa shape index (κ3) is 6.42. The molecular formula is C27H30F4N6O7. The smallest absolute Gasteiger partial charge is 0.274 e. The second-order valence-electron chi connectivity index (χ2n) is 10.7. The van der Waals surface area contributed by atoms with Gasteiger partial charge in [-0.2, -0.15) is 18.2 Å². The van der Waals surface area contributed by atoms with Gasteiger partial charge in [-0.15, -0.1) is 0 Å². The molecule has 2 aromatic rings. The van der Waals surface area contributed by atoms with E-state index < -0.39 is 113 Å². The molecule has 44 heavy (non-hydrogen) atoms. The Balaban J connectivity index is 1.77. The number of aliphatic hydroxyl groups is 1. The molecule has 238 valence electrons. The predicted molar refractivity (Wildman–Crippen MR) is 141 cm³/mol. The van der Waals surface area contributed by atoms with Crippen LogP contribution in [0.4, 0.5) is 17.6 Å². The van der Waals surface area contributed by atoms with Gasteiger partial charge in [0.2, 0.25) is 29.5 Å². The highest BCUT2D eigenvalue weighted by Gasteiger charge is 2.44. The molecule has 0 saturated carbocycles. The zero-order valence-corrected chi connectivity index (χ0v) is 23.7. The summed E-state index contributed by atoms with van der Waals surface area (Å²) >= 11 is 0. The molecule has 4 rings (SSSR count). The monoisotopic (exact) mass is 626 g/mol. The van der Waals surface area contributed by atoms with Crippen molar-refractivity contribution in [3.05, 3.63) is 53.1 Å². The van der Waals surface area contributed by atoms with E-state index in [9.17, 15) is 47.0 Å². The topological polar surface area (TPSA) is 183 Å². The van der Waals surface area contributed by atoms with Crippen LogP contribution in [0.25, 0.3) is 0 Å². The third-order valence-corrected chi connectivity index (χ3v) is 7.88. The highest BCUT2D eigenvalue weighted by atomic mass is 19.2. The van der Waals surface area contributed by atoms with Gasteiger partial charge in [0, 0.05) is 31.1 Å². The molecule has 0 radical (unpaired) electrons. The molecule has 6 unspecified atom stereocenters. The second-order valence-corrected chi connectivity index (χ2v) is 10.7. The van der Waals surface area contributed by atoms with Crippen LogP contribution in [-0.2, 0) is 25.5 Å². The molecule has 5 N–H and O–H groups in total. The number of hydrogen-bond acceptors (Lipinski definition) is 9. The lowest BCUT2D eigenvalue weighted by atomic mass is 9.89. The lowest BCUT2D eigenvalue weighted by molar-refractivity contribution is -0.148. The van der Waals surface area contributed by atoms with Crippen molar-refractivity contribution in [1.82, 2.24) is 30.8 Å². The van der Waals surface area contributed by atoms with Crippen LogP contribution in [-0.4, -0.2) is 99.2 Å². The average Bonchev–Trinajstić information content (AvgIpc) is 2.96. The first-order valence-corrected chi connectivity index (χ1v) is 13.5. The molecular weight excluding hydrogens is 596 g/mol. The van der Waals surface area contributed by atoms with E-state index >= 15 is 0 Å². The Kier molecular flexibility index (Phi) is 9.68. The SMILES string of the molecule is CC1C(=O)NC(C2COC2)C(=O)N(C)C(C)C(NC(=O)c2ncccc2O)C(=O)NC(Cc2c(F)nc(F)c(F)c2F)C1O. The van der Waals surface area contributed by atoms with Crippen LogP contribution in [0.15, 0.2) is 18.3 Å². The van der Waals surface area contributed by atoms with E-state index in [-0.39, 0.29) is 13.2 Å². The number of ether oxygens (including phenoxy) is 1. The van der Waals surface area contributed by atoms with Crippen LogP contribution < -0.4 is 16.0 Å². The van der Waals surface area contributed by atoms with Gasteiger partial charge in [-0.25, -0.2) is 9.37 Å². The number of likely N-dealkylation sites (N-methyl/N-ethyl adjacent to an activating group) is 1. The number of nitrogens with one attached hydrogen (secondary N) is 3. The Hall–Kier alpha value is -4.38. The van der Waals surface area contributed by atoms with Crippen LogP contribution in [0.2, 0.25) is 0 Å². The first-order valence-electron chi connectivity index (χ1n) is 13.5. The molecule has 0 bridgehead atoms. The van der Waals surface area contributed by atoms with E-state index in [1.165, 1.54) is 39.2 Å². The minimum atomic E-state index is -2.10. The summed E-state index contributed by atoms with van der Waals surface area (Å²) in [7, 11) is 1.32. The first kappa shape index (κ1) is 32.5. The Labute approximate surface area is 248 Å². The first-order chi connectivity index (χ1) is 20.7. The lowest BCUT2D eigenvalue weighted by Crippen LogP contribution is -2.65. The maximum atomic E-state index is 14.6. The van der Waals surface area contributed by atoms with E-state index in [1.54, 1.807) is 0 Å². The zero-order chi connectivity index (χ0) is 32.5. The van der Waals surface area contributed by atoms with E-state index in [0.717, 1.165) is 4.90 Å². The number of aliphatic hydroxyl groups excluding tert-OH is 1. The van der Waals surface area contributed by atoms with Crippen molar-refractivity contribution in [2.45, 2.75) is 50.5 Å². The maximum absolute atomic E-state index is 14.6. The quantitative estimate of drug-likeness (QED) is 0.217. The van der Waals surface area contributed by atoms with Gasteiger partial charge < -0.3 is 35.8 Å². The van der Waals surface area contributed by atoms with Crippen LogP contribution >= 0.6 is 0 Å². The molecule has 6 atom stereocenters. The number of halogens is 4. The van der Waals surface area contributed by atoms with Crippen molar-refractivity contribution in [3.8, 4) is 5.75 Å². The standard InChI is InChI=1S/C27H30F4N6O7/c1-10-21(39)14(7-13-16(28)17(29)23(31)36-22(13)30)33-25(41)18(34-26(42)20-15(38)5-4-6-32-20)11(2)37(3)27(43)19(35-24(10)40)12-8-44-9-12/h4-6,10-12,14,18-19,21,38-39H,7-9H2,1-3H3,(H,33,41)(H,34,42)(H,35,40). The van der Waals surface area contributed by atoms with Gasteiger partial charge in [0.25, 0.3) is 11.9 Å². The average molecular weight is 627 g/mol.